The van der Waals surface area contributed by atoms with E-state index in [0.717, 1.165) is 29.2 Å². The molecule has 2 N–H and O–H groups in total. The van der Waals surface area contributed by atoms with Crippen molar-refractivity contribution in [3.8, 4) is 0 Å². The van der Waals surface area contributed by atoms with E-state index in [0.29, 0.717) is 12.5 Å². The van der Waals surface area contributed by atoms with Gasteiger partial charge in [0.25, 0.3) is 0 Å². The van der Waals surface area contributed by atoms with E-state index < -0.39 is 0 Å². The van der Waals surface area contributed by atoms with Crippen LogP contribution in [0, 0.1) is 5.92 Å². The normalized spacial score (nSPS) is 15.6. The summed E-state index contributed by atoms with van der Waals surface area (Å²) in [6, 6.07) is 7.76. The summed E-state index contributed by atoms with van der Waals surface area (Å²) in [5, 5.41) is 12.9. The first kappa shape index (κ1) is 17.1. The SMILES string of the molecule is C=CCSc1ccccc1NC(=O)CN(C)CC(O)C1CC1. The molecule has 22 heavy (non-hydrogen) atoms. The summed E-state index contributed by atoms with van der Waals surface area (Å²) in [6.07, 6.45) is 3.74. The number of carbonyl (C=O) groups excluding carboxylic acids is 1. The van der Waals surface area contributed by atoms with Crippen molar-refractivity contribution in [3.63, 3.8) is 0 Å². The Bertz CT molecular complexity index is 517. The van der Waals surface area contributed by atoms with Crippen LogP contribution in [-0.2, 0) is 4.79 Å². The number of amides is 1. The predicted molar refractivity (Wildman–Crippen MR) is 92.2 cm³/mol. The van der Waals surface area contributed by atoms with Crippen LogP contribution in [0.25, 0.3) is 0 Å². The van der Waals surface area contributed by atoms with Gasteiger partial charge in [-0.1, -0.05) is 18.2 Å². The number of thioether (sulfide) groups is 1. The Labute approximate surface area is 136 Å². The minimum Gasteiger partial charge on any atom is -0.392 e. The molecular formula is C17H24N2O2S. The van der Waals surface area contributed by atoms with Gasteiger partial charge < -0.3 is 10.4 Å². The number of likely N-dealkylation sites (N-methyl/N-ethyl adjacent to an activating group) is 1. The largest absolute Gasteiger partial charge is 0.392 e. The Hall–Kier alpha value is -1.30. The highest BCUT2D eigenvalue weighted by atomic mass is 32.2. The van der Waals surface area contributed by atoms with Crippen molar-refractivity contribution < 1.29 is 9.90 Å². The van der Waals surface area contributed by atoms with Crippen molar-refractivity contribution in [1.29, 1.82) is 0 Å². The average molecular weight is 320 g/mol. The average Bonchev–Trinajstić information content (AvgIpc) is 3.30. The zero-order valence-electron chi connectivity index (χ0n) is 13.0. The van der Waals surface area contributed by atoms with Crippen LogP contribution in [0.15, 0.2) is 41.8 Å². The Morgan fingerprint density at radius 1 is 1.55 bits per heavy atom. The van der Waals surface area contributed by atoms with Gasteiger partial charge in [-0.25, -0.2) is 0 Å². The maximum Gasteiger partial charge on any atom is 0.238 e. The van der Waals surface area contributed by atoms with Crippen LogP contribution in [0.4, 0.5) is 5.69 Å². The lowest BCUT2D eigenvalue weighted by atomic mass is 10.2. The Balaban J connectivity index is 1.84. The molecule has 1 saturated carbocycles. The number of carbonyl (C=O) groups is 1. The van der Waals surface area contributed by atoms with E-state index in [4.69, 9.17) is 0 Å². The van der Waals surface area contributed by atoms with E-state index >= 15 is 0 Å². The number of hydrogen-bond acceptors (Lipinski definition) is 4. The minimum absolute atomic E-state index is 0.0582. The van der Waals surface area contributed by atoms with Crippen LogP contribution in [0.3, 0.4) is 0 Å². The molecule has 0 aliphatic heterocycles. The summed E-state index contributed by atoms with van der Waals surface area (Å²) in [4.78, 5) is 15.1. The molecule has 1 aromatic rings. The molecule has 1 aromatic carbocycles. The second-order valence-corrected chi connectivity index (χ2v) is 6.81. The van der Waals surface area contributed by atoms with Crippen molar-refractivity contribution in [3.05, 3.63) is 36.9 Å². The third kappa shape index (κ3) is 5.48. The van der Waals surface area contributed by atoms with Gasteiger partial charge in [-0.15, -0.1) is 18.3 Å². The summed E-state index contributed by atoms with van der Waals surface area (Å²) in [5.74, 6) is 1.18. The Morgan fingerprint density at radius 2 is 2.27 bits per heavy atom. The lowest BCUT2D eigenvalue weighted by Gasteiger charge is -2.20. The van der Waals surface area contributed by atoms with Crippen molar-refractivity contribution in [2.45, 2.75) is 23.8 Å². The molecule has 1 unspecified atom stereocenters. The third-order valence-electron chi connectivity index (χ3n) is 3.60. The third-order valence-corrected chi connectivity index (χ3v) is 4.67. The smallest absolute Gasteiger partial charge is 0.238 e. The summed E-state index contributed by atoms with van der Waals surface area (Å²) in [6.45, 7) is 4.54. The lowest BCUT2D eigenvalue weighted by Crippen LogP contribution is -2.36. The van der Waals surface area contributed by atoms with Gasteiger partial charge in [0.1, 0.15) is 0 Å². The second kappa shape index (κ2) is 8.36. The second-order valence-electron chi connectivity index (χ2n) is 5.75. The molecule has 0 saturated heterocycles. The first-order valence-corrected chi connectivity index (χ1v) is 8.58. The molecule has 5 heteroatoms. The molecule has 0 heterocycles. The molecule has 0 aromatic heterocycles. The molecule has 0 bridgehead atoms. The molecule has 1 aliphatic carbocycles. The maximum absolute atomic E-state index is 12.2. The van der Waals surface area contributed by atoms with Crippen LogP contribution in [0.5, 0.6) is 0 Å². The van der Waals surface area contributed by atoms with Gasteiger partial charge in [-0.2, -0.15) is 0 Å². The van der Waals surface area contributed by atoms with Crippen molar-refractivity contribution >= 4 is 23.4 Å². The molecule has 120 valence electrons. The summed E-state index contributed by atoms with van der Waals surface area (Å²) in [5.41, 5.74) is 0.829. The predicted octanol–water partition coefficient (Wildman–Crippen LogP) is 2.61. The van der Waals surface area contributed by atoms with E-state index in [1.807, 2.05) is 42.3 Å². The van der Waals surface area contributed by atoms with E-state index in [-0.39, 0.29) is 18.6 Å². The highest BCUT2D eigenvalue weighted by molar-refractivity contribution is 7.99. The summed E-state index contributed by atoms with van der Waals surface area (Å²) in [7, 11) is 1.86. The summed E-state index contributed by atoms with van der Waals surface area (Å²) < 4.78 is 0. The highest BCUT2D eigenvalue weighted by Gasteiger charge is 2.30. The molecule has 2 rings (SSSR count). The number of para-hydroxylation sites is 1. The fraction of sp³-hybridized carbons (Fsp3) is 0.471. The molecule has 4 nitrogen and oxygen atoms in total. The van der Waals surface area contributed by atoms with Crippen molar-refractivity contribution in [1.82, 2.24) is 4.90 Å². The molecule has 1 amide bonds. The molecule has 1 aliphatic rings. The molecule has 0 radical (unpaired) electrons. The molecule has 1 atom stereocenters. The van der Waals surface area contributed by atoms with Crippen molar-refractivity contribution in [2.75, 3.05) is 31.2 Å². The number of rotatable bonds is 9. The Morgan fingerprint density at radius 3 is 2.95 bits per heavy atom. The van der Waals surface area contributed by atoms with Gasteiger partial charge in [0, 0.05) is 17.2 Å². The van der Waals surface area contributed by atoms with Crippen LogP contribution < -0.4 is 5.32 Å². The number of aliphatic hydroxyl groups excluding tert-OH is 1. The van der Waals surface area contributed by atoms with Gasteiger partial charge in [-0.05, 0) is 37.9 Å². The fourth-order valence-electron chi connectivity index (χ4n) is 2.29. The van der Waals surface area contributed by atoms with Gasteiger partial charge in [-0.3, -0.25) is 9.69 Å². The monoisotopic (exact) mass is 320 g/mol. The zero-order chi connectivity index (χ0) is 15.9. The lowest BCUT2D eigenvalue weighted by molar-refractivity contribution is -0.117. The molecule has 0 spiro atoms. The summed E-state index contributed by atoms with van der Waals surface area (Å²) >= 11 is 1.64. The zero-order valence-corrected chi connectivity index (χ0v) is 13.8. The van der Waals surface area contributed by atoms with Crippen LogP contribution in [-0.4, -0.2) is 47.9 Å². The van der Waals surface area contributed by atoms with E-state index in [1.54, 1.807) is 11.8 Å². The first-order valence-electron chi connectivity index (χ1n) is 7.59. The first-order chi connectivity index (χ1) is 10.6. The van der Waals surface area contributed by atoms with Gasteiger partial charge in [0.05, 0.1) is 18.3 Å². The quantitative estimate of drug-likeness (QED) is 0.542. The fourth-order valence-corrected chi connectivity index (χ4v) is 3.04. The number of hydrogen-bond donors (Lipinski definition) is 2. The van der Waals surface area contributed by atoms with Crippen LogP contribution in [0.1, 0.15) is 12.8 Å². The van der Waals surface area contributed by atoms with Crippen molar-refractivity contribution in [2.24, 2.45) is 5.92 Å². The van der Waals surface area contributed by atoms with Crippen LogP contribution in [0.2, 0.25) is 0 Å². The number of anilines is 1. The standard InChI is InChI=1S/C17H24N2O2S/c1-3-10-22-16-7-5-4-6-14(16)18-17(21)12-19(2)11-15(20)13-8-9-13/h3-7,13,15,20H,1,8-12H2,2H3,(H,18,21). The van der Waals surface area contributed by atoms with Crippen LogP contribution >= 0.6 is 11.8 Å². The maximum atomic E-state index is 12.2. The topological polar surface area (TPSA) is 52.6 Å². The van der Waals surface area contributed by atoms with Gasteiger partial charge >= 0.3 is 0 Å². The van der Waals surface area contributed by atoms with E-state index in [9.17, 15) is 9.90 Å². The van der Waals surface area contributed by atoms with E-state index in [1.165, 1.54) is 0 Å². The Kier molecular flexibility index (Phi) is 6.49. The van der Waals surface area contributed by atoms with Gasteiger partial charge in [0.15, 0.2) is 0 Å². The van der Waals surface area contributed by atoms with Gasteiger partial charge in [0.2, 0.25) is 5.91 Å². The van der Waals surface area contributed by atoms with E-state index in [2.05, 4.69) is 11.9 Å². The number of nitrogens with zero attached hydrogens (tertiary/aromatic N) is 1. The molecule has 1 fully saturated rings. The molecular weight excluding hydrogens is 296 g/mol. The minimum atomic E-state index is -0.312. The number of aliphatic hydroxyl groups is 1. The number of nitrogens with one attached hydrogen (secondary N) is 1. The number of benzene rings is 1. The highest BCUT2D eigenvalue weighted by Crippen LogP contribution is 2.32.